The van der Waals surface area contributed by atoms with E-state index in [-0.39, 0.29) is 0 Å². The predicted molar refractivity (Wildman–Crippen MR) is 151 cm³/mol. The molecule has 0 aliphatic rings. The SMILES string of the molecule is CN(C)c1ccc(C#Cc2ccc3c(ccc4nc(C#Cc5ccc(N(C)C)cc5)ccc43)n2)cc1. The van der Waals surface area contributed by atoms with E-state index in [1.54, 1.807) is 0 Å². The van der Waals surface area contributed by atoms with Crippen molar-refractivity contribution in [2.24, 2.45) is 0 Å². The van der Waals surface area contributed by atoms with Crippen molar-refractivity contribution < 1.29 is 0 Å². The van der Waals surface area contributed by atoms with Gasteiger partial charge in [-0.05, 0) is 96.8 Å². The Balaban J connectivity index is 1.40. The molecule has 0 amide bonds. The molecule has 5 aromatic rings. The Hall–Kier alpha value is -4.80. The van der Waals surface area contributed by atoms with E-state index in [1.165, 1.54) is 0 Å². The Morgan fingerprint density at radius 2 is 0.833 bits per heavy atom. The molecule has 3 aromatic carbocycles. The molecule has 4 nitrogen and oxygen atoms in total. The van der Waals surface area contributed by atoms with E-state index in [4.69, 9.17) is 9.97 Å². The van der Waals surface area contributed by atoms with E-state index in [0.717, 1.165) is 55.7 Å². The maximum Gasteiger partial charge on any atom is 0.114 e. The van der Waals surface area contributed by atoms with Crippen molar-refractivity contribution in [1.29, 1.82) is 0 Å². The molecule has 5 rings (SSSR count). The van der Waals surface area contributed by atoms with Crippen LogP contribution in [0.15, 0.2) is 84.9 Å². The van der Waals surface area contributed by atoms with E-state index >= 15 is 0 Å². The Bertz CT molecular complexity index is 1550. The molecule has 0 spiro atoms. The average Bonchev–Trinajstić information content (AvgIpc) is 2.90. The number of anilines is 2. The lowest BCUT2D eigenvalue weighted by Crippen LogP contribution is -2.07. The zero-order chi connectivity index (χ0) is 25.1. The maximum absolute atomic E-state index is 4.76. The highest BCUT2D eigenvalue weighted by Gasteiger charge is 2.04. The second-order valence-corrected chi connectivity index (χ2v) is 8.97. The predicted octanol–water partition coefficient (Wildman–Crippen LogP) is 5.71. The number of aromatic nitrogens is 2. The Morgan fingerprint density at radius 3 is 1.19 bits per heavy atom. The van der Waals surface area contributed by atoms with Crippen LogP contribution in [0.25, 0.3) is 21.8 Å². The smallest absolute Gasteiger partial charge is 0.114 e. The van der Waals surface area contributed by atoms with E-state index in [9.17, 15) is 0 Å². The number of rotatable bonds is 2. The largest absolute Gasteiger partial charge is 0.378 e. The van der Waals surface area contributed by atoms with Crippen molar-refractivity contribution in [3.05, 3.63) is 107 Å². The van der Waals surface area contributed by atoms with E-state index in [0.29, 0.717) is 0 Å². The van der Waals surface area contributed by atoms with E-state index < -0.39 is 0 Å². The molecular formula is C32H26N4. The van der Waals surface area contributed by atoms with Crippen molar-refractivity contribution in [3.8, 4) is 23.7 Å². The molecule has 0 saturated heterocycles. The molecule has 4 heteroatoms. The van der Waals surface area contributed by atoms with Gasteiger partial charge in [0.15, 0.2) is 0 Å². The van der Waals surface area contributed by atoms with Gasteiger partial charge in [-0.25, -0.2) is 9.97 Å². The summed E-state index contributed by atoms with van der Waals surface area (Å²) in [6, 6.07) is 28.5. The fourth-order valence-electron chi connectivity index (χ4n) is 3.91. The van der Waals surface area contributed by atoms with E-state index in [1.807, 2.05) is 76.7 Å². The van der Waals surface area contributed by atoms with Gasteiger partial charge in [0.05, 0.1) is 11.0 Å². The minimum Gasteiger partial charge on any atom is -0.378 e. The topological polar surface area (TPSA) is 32.3 Å². The maximum atomic E-state index is 4.76. The molecule has 0 atom stereocenters. The summed E-state index contributed by atoms with van der Waals surface area (Å²) >= 11 is 0. The van der Waals surface area contributed by atoms with Crippen molar-refractivity contribution in [2.45, 2.75) is 0 Å². The van der Waals surface area contributed by atoms with Crippen molar-refractivity contribution in [3.63, 3.8) is 0 Å². The number of benzene rings is 3. The van der Waals surface area contributed by atoms with Gasteiger partial charge in [0.1, 0.15) is 11.4 Å². The van der Waals surface area contributed by atoms with Gasteiger partial charge in [-0.3, -0.25) is 0 Å². The first-order chi connectivity index (χ1) is 17.5. The molecule has 36 heavy (non-hydrogen) atoms. The summed E-state index contributed by atoms with van der Waals surface area (Å²) in [7, 11) is 8.11. The van der Waals surface area contributed by atoms with Gasteiger partial charge in [-0.15, -0.1) is 0 Å². The van der Waals surface area contributed by atoms with Gasteiger partial charge in [0, 0.05) is 61.5 Å². The first-order valence-corrected chi connectivity index (χ1v) is 11.8. The second-order valence-electron chi connectivity index (χ2n) is 8.97. The highest BCUT2D eigenvalue weighted by molar-refractivity contribution is 6.04. The fourth-order valence-corrected chi connectivity index (χ4v) is 3.91. The first kappa shape index (κ1) is 23.0. The van der Waals surface area contributed by atoms with E-state index in [2.05, 4.69) is 69.9 Å². The number of hydrogen-bond donors (Lipinski definition) is 0. The van der Waals surface area contributed by atoms with Gasteiger partial charge in [-0.1, -0.05) is 11.8 Å². The molecule has 0 bridgehead atoms. The van der Waals surface area contributed by atoms with Crippen LogP contribution in [0.5, 0.6) is 0 Å². The number of nitrogens with zero attached hydrogens (tertiary/aromatic N) is 4. The molecule has 0 radical (unpaired) electrons. The highest BCUT2D eigenvalue weighted by Crippen LogP contribution is 2.24. The number of fused-ring (bicyclic) bond motifs is 3. The van der Waals surface area contributed by atoms with Crippen LogP contribution in [0.3, 0.4) is 0 Å². The summed E-state index contributed by atoms with van der Waals surface area (Å²) in [4.78, 5) is 13.7. The minimum absolute atomic E-state index is 0.745. The molecule has 0 aliphatic heterocycles. The Morgan fingerprint density at radius 1 is 0.444 bits per heavy atom. The van der Waals surface area contributed by atoms with Crippen LogP contribution in [0.2, 0.25) is 0 Å². The summed E-state index contributed by atoms with van der Waals surface area (Å²) < 4.78 is 0. The van der Waals surface area contributed by atoms with Crippen LogP contribution in [0.1, 0.15) is 22.5 Å². The molecule has 0 aliphatic carbocycles. The molecule has 0 fully saturated rings. The van der Waals surface area contributed by atoms with Gasteiger partial charge >= 0.3 is 0 Å². The van der Waals surface area contributed by atoms with Crippen molar-refractivity contribution >= 4 is 33.2 Å². The van der Waals surface area contributed by atoms with Gasteiger partial charge < -0.3 is 9.80 Å². The summed E-state index contributed by atoms with van der Waals surface area (Å²) in [6.07, 6.45) is 0. The fraction of sp³-hybridized carbons (Fsp3) is 0.125. The van der Waals surface area contributed by atoms with Crippen LogP contribution in [-0.2, 0) is 0 Å². The molecule has 0 N–H and O–H groups in total. The second kappa shape index (κ2) is 9.82. The lowest BCUT2D eigenvalue weighted by molar-refractivity contribution is 1.13. The van der Waals surface area contributed by atoms with Crippen LogP contribution < -0.4 is 9.80 Å². The summed E-state index contributed by atoms with van der Waals surface area (Å²) in [5.41, 5.74) is 7.52. The van der Waals surface area contributed by atoms with Gasteiger partial charge in [0.25, 0.3) is 0 Å². The van der Waals surface area contributed by atoms with Crippen LogP contribution >= 0.6 is 0 Å². The molecule has 0 saturated carbocycles. The lowest BCUT2D eigenvalue weighted by Gasteiger charge is -2.11. The standard InChI is InChI=1S/C32H26N4/c1-35(2)27-15-7-23(8-16-27)5-11-25-13-19-29-30-20-14-26(34-32(30)22-21-31(29)33-25)12-6-24-9-17-28(18-10-24)36(3)4/h7-10,13-22H,1-4H3. The zero-order valence-electron chi connectivity index (χ0n) is 20.9. The van der Waals surface area contributed by atoms with Crippen molar-refractivity contribution in [1.82, 2.24) is 9.97 Å². The third-order valence-corrected chi connectivity index (χ3v) is 5.98. The van der Waals surface area contributed by atoms with Crippen molar-refractivity contribution in [2.75, 3.05) is 38.0 Å². The minimum atomic E-state index is 0.745. The van der Waals surface area contributed by atoms with Gasteiger partial charge in [0.2, 0.25) is 0 Å². The normalized spacial score (nSPS) is 10.3. The summed E-state index contributed by atoms with van der Waals surface area (Å²) in [6.45, 7) is 0. The third-order valence-electron chi connectivity index (χ3n) is 5.98. The van der Waals surface area contributed by atoms with Gasteiger partial charge in [-0.2, -0.15) is 0 Å². The Labute approximate surface area is 212 Å². The number of hydrogen-bond acceptors (Lipinski definition) is 4. The molecule has 2 heterocycles. The molecule has 174 valence electrons. The monoisotopic (exact) mass is 466 g/mol. The summed E-state index contributed by atoms with van der Waals surface area (Å²) in [5.74, 6) is 12.8. The van der Waals surface area contributed by atoms with Crippen LogP contribution in [0, 0.1) is 23.7 Å². The highest BCUT2D eigenvalue weighted by atomic mass is 15.1. The quantitative estimate of drug-likeness (QED) is 0.246. The first-order valence-electron chi connectivity index (χ1n) is 11.8. The zero-order valence-corrected chi connectivity index (χ0v) is 20.9. The third kappa shape index (κ3) is 4.99. The van der Waals surface area contributed by atoms with Crippen LogP contribution in [-0.4, -0.2) is 38.2 Å². The Kier molecular flexibility index (Phi) is 6.27. The average molecular weight is 467 g/mol. The number of pyridine rings is 2. The summed E-state index contributed by atoms with van der Waals surface area (Å²) in [5, 5.41) is 2.11. The molecule has 2 aromatic heterocycles. The molecule has 0 unspecified atom stereocenters. The molecular weight excluding hydrogens is 440 g/mol. The van der Waals surface area contributed by atoms with Crippen LogP contribution in [0.4, 0.5) is 11.4 Å². The lowest BCUT2D eigenvalue weighted by atomic mass is 10.1.